The van der Waals surface area contributed by atoms with Crippen LogP contribution < -0.4 is 4.74 Å². The molecule has 3 nitrogen and oxygen atoms in total. The molecule has 0 radical (unpaired) electrons. The molecule has 94 valence electrons. The van der Waals surface area contributed by atoms with E-state index in [9.17, 15) is 0 Å². The summed E-state index contributed by atoms with van der Waals surface area (Å²) in [6.45, 7) is 6.95. The zero-order valence-corrected chi connectivity index (χ0v) is 10.8. The third kappa shape index (κ3) is 3.77. The number of benzene rings is 1. The van der Waals surface area contributed by atoms with Crippen LogP contribution in [0.25, 0.3) is 0 Å². The van der Waals surface area contributed by atoms with Crippen LogP contribution in [0.15, 0.2) is 29.4 Å². The van der Waals surface area contributed by atoms with E-state index in [1.54, 1.807) is 0 Å². The fourth-order valence-corrected chi connectivity index (χ4v) is 1.50. The first-order valence-corrected chi connectivity index (χ1v) is 6.16. The first kappa shape index (κ1) is 13.6. The molecule has 0 bridgehead atoms. The molecule has 0 saturated carbocycles. The van der Waals surface area contributed by atoms with Crippen molar-refractivity contribution in [3.8, 4) is 5.75 Å². The second kappa shape index (κ2) is 6.94. The van der Waals surface area contributed by atoms with E-state index in [1.165, 1.54) is 0 Å². The summed E-state index contributed by atoms with van der Waals surface area (Å²) in [5.41, 5.74) is 1.53. The normalized spacial score (nSPS) is 13.5. The van der Waals surface area contributed by atoms with Crippen LogP contribution in [-0.4, -0.2) is 17.5 Å². The molecule has 1 aromatic carbocycles. The number of oxime groups is 1. The Kier molecular flexibility index (Phi) is 5.53. The molecule has 0 aliphatic rings. The van der Waals surface area contributed by atoms with E-state index in [0.717, 1.165) is 17.7 Å². The maximum absolute atomic E-state index is 8.96. The molecule has 1 N–H and O–H groups in total. The number of para-hydroxylation sites is 1. The lowest BCUT2D eigenvalue weighted by atomic mass is 10.1. The van der Waals surface area contributed by atoms with Gasteiger partial charge in [-0.05, 0) is 24.5 Å². The summed E-state index contributed by atoms with van der Waals surface area (Å²) in [5.74, 6) is 1.32. The SMILES string of the molecule is CC/C(=N/O)c1ccccc1OCC(C)CC. The van der Waals surface area contributed by atoms with Gasteiger partial charge in [0.05, 0.1) is 12.3 Å². The van der Waals surface area contributed by atoms with Crippen LogP contribution in [0.4, 0.5) is 0 Å². The molecule has 1 unspecified atom stereocenters. The molecular weight excluding hydrogens is 214 g/mol. The van der Waals surface area contributed by atoms with Gasteiger partial charge in [0.1, 0.15) is 5.75 Å². The van der Waals surface area contributed by atoms with Gasteiger partial charge in [0.2, 0.25) is 0 Å². The first-order chi connectivity index (χ1) is 8.22. The van der Waals surface area contributed by atoms with Gasteiger partial charge in [-0.3, -0.25) is 0 Å². The predicted molar refractivity (Wildman–Crippen MR) is 70.0 cm³/mol. The van der Waals surface area contributed by atoms with Crippen molar-refractivity contribution in [1.29, 1.82) is 0 Å². The van der Waals surface area contributed by atoms with Crippen molar-refractivity contribution in [2.45, 2.75) is 33.6 Å². The standard InChI is InChI=1S/C14H21NO2/c1-4-11(3)10-17-14-9-7-6-8-12(14)13(5-2)15-16/h6-9,11,16H,4-5,10H2,1-3H3/b15-13-. The second-order valence-corrected chi connectivity index (χ2v) is 4.22. The Morgan fingerprint density at radius 1 is 1.35 bits per heavy atom. The molecule has 0 fully saturated rings. The van der Waals surface area contributed by atoms with Crippen molar-refractivity contribution < 1.29 is 9.94 Å². The van der Waals surface area contributed by atoms with E-state index in [0.29, 0.717) is 24.7 Å². The van der Waals surface area contributed by atoms with Crippen molar-refractivity contribution in [1.82, 2.24) is 0 Å². The van der Waals surface area contributed by atoms with Gasteiger partial charge in [-0.2, -0.15) is 0 Å². The topological polar surface area (TPSA) is 41.8 Å². The Morgan fingerprint density at radius 2 is 2.06 bits per heavy atom. The Bertz CT molecular complexity index is 374. The van der Waals surface area contributed by atoms with Gasteiger partial charge in [0, 0.05) is 5.56 Å². The minimum Gasteiger partial charge on any atom is -0.493 e. The van der Waals surface area contributed by atoms with Crippen LogP contribution in [0.2, 0.25) is 0 Å². The fourth-order valence-electron chi connectivity index (χ4n) is 1.50. The highest BCUT2D eigenvalue weighted by molar-refractivity contribution is 6.02. The molecule has 0 spiro atoms. The summed E-state index contributed by atoms with van der Waals surface area (Å²) in [6, 6.07) is 7.69. The van der Waals surface area contributed by atoms with E-state index >= 15 is 0 Å². The minimum atomic E-state index is 0.527. The summed E-state index contributed by atoms with van der Waals surface area (Å²) >= 11 is 0. The van der Waals surface area contributed by atoms with Gasteiger partial charge in [-0.15, -0.1) is 0 Å². The molecule has 1 aromatic rings. The molecular formula is C14H21NO2. The maximum Gasteiger partial charge on any atom is 0.128 e. The predicted octanol–water partition coefficient (Wildman–Crippen LogP) is 3.70. The molecule has 0 heterocycles. The molecule has 0 saturated heterocycles. The van der Waals surface area contributed by atoms with Crippen molar-refractivity contribution in [2.24, 2.45) is 11.1 Å². The second-order valence-electron chi connectivity index (χ2n) is 4.22. The molecule has 0 aliphatic carbocycles. The molecule has 0 amide bonds. The quantitative estimate of drug-likeness (QED) is 0.464. The van der Waals surface area contributed by atoms with Gasteiger partial charge in [0.15, 0.2) is 0 Å². The fraction of sp³-hybridized carbons (Fsp3) is 0.500. The number of nitrogens with zero attached hydrogens (tertiary/aromatic N) is 1. The Labute approximate surface area is 103 Å². The lowest BCUT2D eigenvalue weighted by Gasteiger charge is -2.14. The average Bonchev–Trinajstić information content (AvgIpc) is 2.38. The van der Waals surface area contributed by atoms with Crippen LogP contribution in [0.5, 0.6) is 5.75 Å². The number of hydrogen-bond donors (Lipinski definition) is 1. The van der Waals surface area contributed by atoms with Gasteiger partial charge in [0.25, 0.3) is 0 Å². The van der Waals surface area contributed by atoms with Crippen LogP contribution in [0, 0.1) is 5.92 Å². The highest BCUT2D eigenvalue weighted by Crippen LogP contribution is 2.21. The number of ether oxygens (including phenoxy) is 1. The molecule has 3 heteroatoms. The van der Waals surface area contributed by atoms with Crippen molar-refractivity contribution in [3.05, 3.63) is 29.8 Å². The monoisotopic (exact) mass is 235 g/mol. The summed E-state index contributed by atoms with van der Waals surface area (Å²) in [7, 11) is 0. The smallest absolute Gasteiger partial charge is 0.128 e. The van der Waals surface area contributed by atoms with Crippen molar-refractivity contribution in [2.75, 3.05) is 6.61 Å². The van der Waals surface area contributed by atoms with Gasteiger partial charge >= 0.3 is 0 Å². The van der Waals surface area contributed by atoms with Crippen LogP contribution in [0.1, 0.15) is 39.2 Å². The highest BCUT2D eigenvalue weighted by Gasteiger charge is 2.10. The lowest BCUT2D eigenvalue weighted by Crippen LogP contribution is -2.10. The molecule has 1 rings (SSSR count). The van der Waals surface area contributed by atoms with Crippen LogP contribution in [0.3, 0.4) is 0 Å². The summed E-state index contributed by atoms with van der Waals surface area (Å²) < 4.78 is 5.78. The zero-order valence-electron chi connectivity index (χ0n) is 10.8. The molecule has 0 aromatic heterocycles. The van der Waals surface area contributed by atoms with Crippen LogP contribution >= 0.6 is 0 Å². The molecule has 0 aliphatic heterocycles. The number of hydrogen-bond acceptors (Lipinski definition) is 3. The average molecular weight is 235 g/mol. The van der Waals surface area contributed by atoms with Gasteiger partial charge in [-0.1, -0.05) is 44.5 Å². The first-order valence-electron chi connectivity index (χ1n) is 6.16. The summed E-state index contributed by atoms with van der Waals surface area (Å²) in [6.07, 6.45) is 1.77. The Balaban J connectivity index is 2.84. The van der Waals surface area contributed by atoms with Crippen molar-refractivity contribution >= 4 is 5.71 Å². The van der Waals surface area contributed by atoms with E-state index < -0.39 is 0 Å². The van der Waals surface area contributed by atoms with E-state index in [1.807, 2.05) is 31.2 Å². The van der Waals surface area contributed by atoms with Gasteiger partial charge < -0.3 is 9.94 Å². The maximum atomic E-state index is 8.96. The molecule has 1 atom stereocenters. The van der Waals surface area contributed by atoms with E-state index in [2.05, 4.69) is 19.0 Å². The number of rotatable bonds is 6. The third-order valence-electron chi connectivity index (χ3n) is 2.87. The summed E-state index contributed by atoms with van der Waals surface area (Å²) in [5, 5.41) is 12.3. The largest absolute Gasteiger partial charge is 0.493 e. The summed E-state index contributed by atoms with van der Waals surface area (Å²) in [4.78, 5) is 0. The van der Waals surface area contributed by atoms with Crippen molar-refractivity contribution in [3.63, 3.8) is 0 Å². The van der Waals surface area contributed by atoms with E-state index in [-0.39, 0.29) is 0 Å². The Morgan fingerprint density at radius 3 is 2.65 bits per heavy atom. The molecule has 17 heavy (non-hydrogen) atoms. The lowest BCUT2D eigenvalue weighted by molar-refractivity contribution is 0.256. The zero-order chi connectivity index (χ0) is 12.7. The highest BCUT2D eigenvalue weighted by atomic mass is 16.5. The third-order valence-corrected chi connectivity index (χ3v) is 2.87. The van der Waals surface area contributed by atoms with Crippen LogP contribution in [-0.2, 0) is 0 Å². The van der Waals surface area contributed by atoms with Gasteiger partial charge in [-0.25, -0.2) is 0 Å². The Hall–Kier alpha value is -1.51. The minimum absolute atomic E-state index is 0.527. The van der Waals surface area contributed by atoms with E-state index in [4.69, 9.17) is 9.94 Å².